The van der Waals surface area contributed by atoms with Crippen molar-refractivity contribution in [2.45, 2.75) is 92.4 Å². The van der Waals surface area contributed by atoms with Crippen LogP contribution in [0.5, 0.6) is 0 Å². The number of guanidine groups is 3. The van der Waals surface area contributed by atoms with Gasteiger partial charge in [-0.15, -0.1) is 0 Å². The molecule has 0 saturated carbocycles. The first-order valence-corrected chi connectivity index (χ1v) is 16.3. The van der Waals surface area contributed by atoms with Crippen molar-refractivity contribution in [3.63, 3.8) is 0 Å². The zero-order chi connectivity index (χ0) is 40.3. The molecule has 0 radical (unpaired) electrons. The van der Waals surface area contributed by atoms with Crippen LogP contribution >= 0.6 is 0 Å². The summed E-state index contributed by atoms with van der Waals surface area (Å²) in [7, 11) is 0. The molecule has 0 aromatic rings. The fourth-order valence-corrected chi connectivity index (χ4v) is 3.31. The van der Waals surface area contributed by atoms with Gasteiger partial charge in [0.15, 0.2) is 41.0 Å². The normalized spacial score (nSPS) is 12.6. The number of Topliss-reactive ketones (excluding diaryl/α,β-unsaturated/α-hetero) is 4. The molecule has 0 unspecified atom stereocenters. The Hall–Kier alpha value is -4.33. The molecule has 0 heterocycles. The molecule has 0 aliphatic heterocycles. The second-order valence-electron chi connectivity index (χ2n) is 12.5. The predicted molar refractivity (Wildman–Crippen MR) is 204 cm³/mol. The Morgan fingerprint density at radius 1 is 0.500 bits per heavy atom. The average molecular weight is 716 g/mol. The second-order valence-corrected chi connectivity index (χ2v) is 12.5. The molecule has 0 aliphatic rings. The highest BCUT2D eigenvalue weighted by Gasteiger charge is 2.18. The molecule has 0 amide bonds. The van der Waals surface area contributed by atoms with Gasteiger partial charge in [-0.05, 0) is 12.8 Å². The summed E-state index contributed by atoms with van der Waals surface area (Å²) >= 11 is 0. The SMILES string of the molecule is C=C(N)NCC[C@@H](N)C(=O)C(C)C.CC(C)C(=O)[C@@H](N)CCN=C(N)N.CC(C)C(=O)[C@@H](N)CN=C(N)N.CC(C)C(=O)[C@H](N)CN=C(N)N. The van der Waals surface area contributed by atoms with Crippen LogP contribution in [0.2, 0.25) is 0 Å². The molecule has 0 saturated heterocycles. The summed E-state index contributed by atoms with van der Waals surface area (Å²) in [6, 6.07) is -2.03. The zero-order valence-electron chi connectivity index (χ0n) is 31.4. The van der Waals surface area contributed by atoms with Gasteiger partial charge in [0.1, 0.15) is 0 Å². The lowest BCUT2D eigenvalue weighted by molar-refractivity contribution is -0.123. The molecule has 0 fully saturated rings. The van der Waals surface area contributed by atoms with E-state index in [1.807, 2.05) is 27.7 Å². The molecule has 0 rings (SSSR count). The molecule has 0 aromatic carbocycles. The van der Waals surface area contributed by atoms with Crippen LogP contribution in [0.1, 0.15) is 68.2 Å². The van der Waals surface area contributed by atoms with Crippen molar-refractivity contribution in [2.75, 3.05) is 26.2 Å². The lowest BCUT2D eigenvalue weighted by Crippen LogP contribution is -2.37. The molecule has 19 heteroatoms. The van der Waals surface area contributed by atoms with Gasteiger partial charge in [0.2, 0.25) is 0 Å². The van der Waals surface area contributed by atoms with E-state index in [1.54, 1.807) is 27.7 Å². The summed E-state index contributed by atoms with van der Waals surface area (Å²) in [6.45, 7) is 19.3. The molecule has 19 nitrogen and oxygen atoms in total. The maximum atomic E-state index is 11.3. The van der Waals surface area contributed by atoms with Crippen molar-refractivity contribution in [3.8, 4) is 0 Å². The lowest BCUT2D eigenvalue weighted by Gasteiger charge is -2.13. The van der Waals surface area contributed by atoms with Gasteiger partial charge in [0.25, 0.3) is 0 Å². The first kappa shape index (κ1) is 52.5. The molecule has 23 N–H and O–H groups in total. The third-order valence-electron chi connectivity index (χ3n) is 6.22. The number of hydrogen-bond donors (Lipinski definition) is 12. The van der Waals surface area contributed by atoms with Crippen molar-refractivity contribution >= 4 is 41.0 Å². The number of rotatable bonds is 19. The minimum absolute atomic E-state index is 0.00363. The minimum atomic E-state index is -0.591. The largest absolute Gasteiger partial charge is 0.386 e. The van der Waals surface area contributed by atoms with Crippen molar-refractivity contribution in [2.24, 2.45) is 102 Å². The number of nitrogens with zero attached hydrogens (tertiary/aromatic N) is 3. The van der Waals surface area contributed by atoms with Crippen LogP contribution in [-0.2, 0) is 19.2 Å². The van der Waals surface area contributed by atoms with Crippen molar-refractivity contribution in [1.29, 1.82) is 0 Å². The van der Waals surface area contributed by atoms with Gasteiger partial charge < -0.3 is 68.4 Å². The third-order valence-corrected chi connectivity index (χ3v) is 6.22. The van der Waals surface area contributed by atoms with Gasteiger partial charge in [-0.3, -0.25) is 34.2 Å². The fourth-order valence-electron chi connectivity index (χ4n) is 3.31. The number of hydrogen-bond acceptors (Lipinski definition) is 13. The predicted octanol–water partition coefficient (Wildman–Crippen LogP) is -3.22. The van der Waals surface area contributed by atoms with Gasteiger partial charge in [0.05, 0.1) is 43.1 Å². The van der Waals surface area contributed by atoms with Crippen LogP contribution in [-0.4, -0.2) is 91.4 Å². The first-order chi connectivity index (χ1) is 22.8. The van der Waals surface area contributed by atoms with Crippen molar-refractivity contribution < 1.29 is 19.2 Å². The molecule has 292 valence electrons. The van der Waals surface area contributed by atoms with Gasteiger partial charge in [-0.2, -0.15) is 0 Å². The molecular weight excluding hydrogens is 646 g/mol. The van der Waals surface area contributed by atoms with Crippen LogP contribution in [0.3, 0.4) is 0 Å². The topological polar surface area (TPSA) is 404 Å². The van der Waals surface area contributed by atoms with Gasteiger partial charge in [0, 0.05) is 36.8 Å². The Morgan fingerprint density at radius 2 is 0.780 bits per heavy atom. The van der Waals surface area contributed by atoms with Crippen LogP contribution in [0.4, 0.5) is 0 Å². The minimum Gasteiger partial charge on any atom is -0.386 e. The number of carbonyl (C=O) groups excluding carboxylic acids is 4. The highest BCUT2D eigenvalue weighted by Crippen LogP contribution is 2.02. The van der Waals surface area contributed by atoms with E-state index in [0.29, 0.717) is 31.8 Å². The van der Waals surface area contributed by atoms with E-state index in [2.05, 4.69) is 26.9 Å². The van der Waals surface area contributed by atoms with Crippen LogP contribution in [0.15, 0.2) is 27.4 Å². The number of carbonyl (C=O) groups is 4. The molecular formula is C31H69N15O4. The monoisotopic (exact) mass is 716 g/mol. The number of nitrogens with two attached hydrogens (primary N) is 11. The molecule has 50 heavy (non-hydrogen) atoms. The van der Waals surface area contributed by atoms with E-state index in [9.17, 15) is 19.2 Å². The molecule has 0 spiro atoms. The fraction of sp³-hybridized carbons (Fsp3) is 0.710. The Labute approximate surface area is 298 Å². The van der Waals surface area contributed by atoms with E-state index in [1.165, 1.54) is 0 Å². The maximum Gasteiger partial charge on any atom is 0.185 e. The van der Waals surface area contributed by atoms with E-state index < -0.39 is 24.2 Å². The quantitative estimate of drug-likeness (QED) is 0.0462. The van der Waals surface area contributed by atoms with E-state index >= 15 is 0 Å². The van der Waals surface area contributed by atoms with Gasteiger partial charge in [-0.25, -0.2) is 0 Å². The number of nitrogens with one attached hydrogen (secondary N) is 1. The second kappa shape index (κ2) is 29.6. The molecule has 0 bridgehead atoms. The Morgan fingerprint density at radius 3 is 1.04 bits per heavy atom. The van der Waals surface area contributed by atoms with E-state index in [0.717, 1.165) is 0 Å². The highest BCUT2D eigenvalue weighted by molar-refractivity contribution is 5.87. The number of aliphatic imine (C=N–C) groups is 3. The third kappa shape index (κ3) is 32.2. The van der Waals surface area contributed by atoms with Crippen LogP contribution < -0.4 is 68.4 Å². The first-order valence-electron chi connectivity index (χ1n) is 16.3. The zero-order valence-corrected chi connectivity index (χ0v) is 31.4. The lowest BCUT2D eigenvalue weighted by atomic mass is 10.0. The van der Waals surface area contributed by atoms with E-state index in [4.69, 9.17) is 63.1 Å². The Kier molecular flexibility index (Phi) is 31.0. The van der Waals surface area contributed by atoms with Crippen LogP contribution in [0, 0.1) is 23.7 Å². The average Bonchev–Trinajstić information content (AvgIpc) is 3.00. The Bertz CT molecular complexity index is 1050. The summed E-state index contributed by atoms with van der Waals surface area (Å²) in [6.07, 6.45) is 1.09. The standard InChI is InChI=1S/C9H19N3O.C8H18N4O.2C7H16N4O/c1-6(2)9(13)8(11)4-5-12-7(3)10;1-5(2)7(13)6(9)3-4-12-8(10)11;2*1-4(2)6(12)5(8)3-11-7(9)10/h6,8,12H,3-5,10-11H2,1-2H3;5-6H,3-4,9H2,1-2H3,(H4,10,11,12);2*4-5H,3,8H2,1-2H3,(H4,9,10,11)/t8-;6-;2*5-/m1010/s1. The van der Waals surface area contributed by atoms with Crippen LogP contribution in [0.25, 0.3) is 0 Å². The van der Waals surface area contributed by atoms with Gasteiger partial charge >= 0.3 is 0 Å². The Balaban J connectivity index is -0.000000282. The smallest absolute Gasteiger partial charge is 0.185 e. The summed E-state index contributed by atoms with van der Waals surface area (Å²) in [5.74, 6) is 0.251. The summed E-state index contributed by atoms with van der Waals surface area (Å²) in [5.41, 5.74) is 58.1. The van der Waals surface area contributed by atoms with Gasteiger partial charge in [-0.1, -0.05) is 62.0 Å². The summed E-state index contributed by atoms with van der Waals surface area (Å²) in [4.78, 5) is 56.0. The molecule has 0 aromatic heterocycles. The van der Waals surface area contributed by atoms with Crippen molar-refractivity contribution in [3.05, 3.63) is 12.4 Å². The summed E-state index contributed by atoms with van der Waals surface area (Å²) in [5, 5.41) is 2.82. The highest BCUT2D eigenvalue weighted by atomic mass is 16.1. The van der Waals surface area contributed by atoms with E-state index in [-0.39, 0.29) is 77.8 Å². The summed E-state index contributed by atoms with van der Waals surface area (Å²) < 4.78 is 0. The number of ketones is 4. The maximum absolute atomic E-state index is 11.3. The molecule has 0 aliphatic carbocycles. The molecule has 4 atom stereocenters. The van der Waals surface area contributed by atoms with Crippen molar-refractivity contribution in [1.82, 2.24) is 5.32 Å².